The molecule has 1 atom stereocenters. The third-order valence-electron chi connectivity index (χ3n) is 3.51. The van der Waals surface area contributed by atoms with Crippen molar-refractivity contribution in [3.63, 3.8) is 0 Å². The molecule has 19 heavy (non-hydrogen) atoms. The summed E-state index contributed by atoms with van der Waals surface area (Å²) in [6.07, 6.45) is 5.93. The summed E-state index contributed by atoms with van der Waals surface area (Å²) in [5.41, 5.74) is 0.880. The summed E-state index contributed by atoms with van der Waals surface area (Å²) >= 11 is 1.95. The second-order valence-electron chi connectivity index (χ2n) is 4.99. The molecular weight excluding hydrogens is 258 g/mol. The summed E-state index contributed by atoms with van der Waals surface area (Å²) in [4.78, 5) is 12.2. The third-order valence-corrected chi connectivity index (χ3v) is 4.86. The Kier molecular flexibility index (Phi) is 5.14. The Morgan fingerprint density at radius 1 is 1.37 bits per heavy atom. The minimum atomic E-state index is -0.799. The molecule has 0 amide bonds. The number of rotatable bonds is 6. The molecule has 0 saturated heterocycles. The maximum Gasteiger partial charge on any atom is 0.326 e. The van der Waals surface area contributed by atoms with Gasteiger partial charge in [0.15, 0.2) is 0 Å². The van der Waals surface area contributed by atoms with Gasteiger partial charge in [0.25, 0.3) is 0 Å². The largest absolute Gasteiger partial charge is 0.480 e. The number of carbonyl (C=O) groups is 1. The van der Waals surface area contributed by atoms with Gasteiger partial charge in [0.2, 0.25) is 0 Å². The predicted molar refractivity (Wildman–Crippen MR) is 79.9 cm³/mol. The Hall–Kier alpha value is -1.16. The van der Waals surface area contributed by atoms with Gasteiger partial charge < -0.3 is 10.4 Å². The van der Waals surface area contributed by atoms with Gasteiger partial charge in [-0.2, -0.15) is 0 Å². The number of carboxylic acid groups (broad SMARTS) is 1. The summed E-state index contributed by atoms with van der Waals surface area (Å²) in [6.45, 7) is 1.87. The molecule has 1 unspecified atom stereocenters. The molecule has 104 valence electrons. The second kappa shape index (κ2) is 6.85. The Morgan fingerprint density at radius 2 is 2.00 bits per heavy atom. The molecule has 0 aromatic heterocycles. The molecule has 2 rings (SSSR count). The lowest BCUT2D eigenvalue weighted by atomic mass is 10.2. The Bertz CT molecular complexity index is 413. The molecule has 3 nitrogen and oxygen atoms in total. The molecule has 1 aromatic rings. The first kappa shape index (κ1) is 14.3. The van der Waals surface area contributed by atoms with Crippen molar-refractivity contribution in [3.8, 4) is 0 Å². The van der Waals surface area contributed by atoms with Crippen molar-refractivity contribution in [2.75, 3.05) is 5.32 Å². The minimum Gasteiger partial charge on any atom is -0.480 e. The average molecular weight is 279 g/mol. The molecule has 1 saturated carbocycles. The number of hydrogen-bond donors (Lipinski definition) is 2. The zero-order valence-corrected chi connectivity index (χ0v) is 12.1. The van der Waals surface area contributed by atoms with Gasteiger partial charge >= 0.3 is 5.97 Å². The van der Waals surface area contributed by atoms with E-state index in [1.807, 2.05) is 30.8 Å². The lowest BCUT2D eigenvalue weighted by molar-refractivity contribution is -0.137. The van der Waals surface area contributed by atoms with Gasteiger partial charge in [-0.05, 0) is 43.5 Å². The van der Waals surface area contributed by atoms with Crippen molar-refractivity contribution >= 4 is 23.4 Å². The topological polar surface area (TPSA) is 49.3 Å². The smallest absolute Gasteiger partial charge is 0.326 e. The first-order valence-corrected chi connectivity index (χ1v) is 7.83. The van der Waals surface area contributed by atoms with E-state index < -0.39 is 12.0 Å². The SMILES string of the molecule is CCC(Nc1ccc(SC2CCCC2)cc1)C(=O)O. The lowest BCUT2D eigenvalue weighted by Gasteiger charge is -2.14. The van der Waals surface area contributed by atoms with E-state index in [1.165, 1.54) is 30.6 Å². The van der Waals surface area contributed by atoms with Crippen LogP contribution in [-0.2, 0) is 4.79 Å². The summed E-state index contributed by atoms with van der Waals surface area (Å²) in [7, 11) is 0. The van der Waals surface area contributed by atoms with E-state index in [1.54, 1.807) is 0 Å². The molecule has 0 aliphatic heterocycles. The van der Waals surface area contributed by atoms with E-state index in [9.17, 15) is 4.79 Å². The number of hydrogen-bond acceptors (Lipinski definition) is 3. The molecular formula is C15H21NO2S. The van der Waals surface area contributed by atoms with Gasteiger partial charge in [0.05, 0.1) is 0 Å². The zero-order valence-electron chi connectivity index (χ0n) is 11.3. The van der Waals surface area contributed by atoms with Crippen LogP contribution in [0.4, 0.5) is 5.69 Å². The number of thioether (sulfide) groups is 1. The van der Waals surface area contributed by atoms with Crippen molar-refractivity contribution < 1.29 is 9.90 Å². The normalized spacial score (nSPS) is 17.3. The Labute approximate surface area is 118 Å². The fourth-order valence-corrected chi connectivity index (χ4v) is 3.62. The lowest BCUT2D eigenvalue weighted by Crippen LogP contribution is -2.28. The van der Waals surface area contributed by atoms with Gasteiger partial charge in [-0.3, -0.25) is 0 Å². The molecule has 1 aliphatic rings. The average Bonchev–Trinajstić information content (AvgIpc) is 2.90. The van der Waals surface area contributed by atoms with Crippen molar-refractivity contribution in [1.29, 1.82) is 0 Å². The summed E-state index contributed by atoms with van der Waals surface area (Å²) < 4.78 is 0. The molecule has 0 radical (unpaired) electrons. The summed E-state index contributed by atoms with van der Waals surface area (Å²) in [5, 5.41) is 12.8. The monoisotopic (exact) mass is 279 g/mol. The van der Waals surface area contributed by atoms with Crippen LogP contribution >= 0.6 is 11.8 Å². The van der Waals surface area contributed by atoms with E-state index in [4.69, 9.17) is 5.11 Å². The van der Waals surface area contributed by atoms with Gasteiger partial charge in [-0.25, -0.2) is 4.79 Å². The van der Waals surface area contributed by atoms with Gasteiger partial charge in [-0.15, -0.1) is 11.8 Å². The molecule has 1 aromatic carbocycles. The standard InChI is InChI=1S/C15H21NO2S/c1-2-14(15(17)18)16-11-7-9-13(10-8-11)19-12-5-3-4-6-12/h7-10,12,14,16H,2-6H2,1H3,(H,17,18). The first-order valence-electron chi connectivity index (χ1n) is 6.95. The summed E-state index contributed by atoms with van der Waals surface area (Å²) in [5.74, 6) is -0.799. The molecule has 2 N–H and O–H groups in total. The van der Waals surface area contributed by atoms with Crippen LogP contribution in [0, 0.1) is 0 Å². The van der Waals surface area contributed by atoms with Gasteiger partial charge in [0, 0.05) is 15.8 Å². The number of benzene rings is 1. The highest BCUT2D eigenvalue weighted by atomic mass is 32.2. The molecule has 1 fully saturated rings. The van der Waals surface area contributed by atoms with Gasteiger partial charge in [-0.1, -0.05) is 19.8 Å². The quantitative estimate of drug-likeness (QED) is 0.826. The Balaban J connectivity index is 1.91. The van der Waals surface area contributed by atoms with Crippen molar-refractivity contribution in [3.05, 3.63) is 24.3 Å². The van der Waals surface area contributed by atoms with E-state index in [-0.39, 0.29) is 0 Å². The van der Waals surface area contributed by atoms with E-state index in [0.717, 1.165) is 10.9 Å². The highest BCUT2D eigenvalue weighted by molar-refractivity contribution is 8.00. The van der Waals surface area contributed by atoms with Crippen molar-refractivity contribution in [1.82, 2.24) is 0 Å². The number of nitrogens with one attached hydrogen (secondary N) is 1. The number of aliphatic carboxylic acids is 1. The van der Waals surface area contributed by atoms with Crippen LogP contribution in [-0.4, -0.2) is 22.4 Å². The third kappa shape index (κ3) is 4.16. The minimum absolute atomic E-state index is 0.506. The van der Waals surface area contributed by atoms with Crippen LogP contribution in [0.5, 0.6) is 0 Å². The Morgan fingerprint density at radius 3 is 2.53 bits per heavy atom. The van der Waals surface area contributed by atoms with Crippen LogP contribution in [0.3, 0.4) is 0 Å². The van der Waals surface area contributed by atoms with Crippen LogP contribution in [0.25, 0.3) is 0 Å². The maximum absolute atomic E-state index is 11.0. The number of anilines is 1. The molecule has 1 aliphatic carbocycles. The molecule has 0 spiro atoms. The molecule has 0 heterocycles. The fraction of sp³-hybridized carbons (Fsp3) is 0.533. The zero-order chi connectivity index (χ0) is 13.7. The first-order chi connectivity index (χ1) is 9.19. The van der Waals surface area contributed by atoms with Crippen LogP contribution in [0.1, 0.15) is 39.0 Å². The van der Waals surface area contributed by atoms with Crippen molar-refractivity contribution in [2.24, 2.45) is 0 Å². The second-order valence-corrected chi connectivity index (χ2v) is 6.37. The maximum atomic E-state index is 11.0. The fourth-order valence-electron chi connectivity index (χ4n) is 2.37. The van der Waals surface area contributed by atoms with E-state index in [0.29, 0.717) is 6.42 Å². The highest BCUT2D eigenvalue weighted by Crippen LogP contribution is 2.34. The van der Waals surface area contributed by atoms with Crippen LogP contribution in [0.2, 0.25) is 0 Å². The van der Waals surface area contributed by atoms with Gasteiger partial charge in [0.1, 0.15) is 6.04 Å². The summed E-state index contributed by atoms with van der Waals surface area (Å²) in [6, 6.07) is 7.61. The predicted octanol–water partition coefficient (Wildman–Crippen LogP) is 4.00. The van der Waals surface area contributed by atoms with Crippen molar-refractivity contribution in [2.45, 2.75) is 55.2 Å². The van der Waals surface area contributed by atoms with E-state index >= 15 is 0 Å². The molecule has 0 bridgehead atoms. The van der Waals surface area contributed by atoms with Crippen LogP contribution < -0.4 is 5.32 Å². The number of carboxylic acids is 1. The highest BCUT2D eigenvalue weighted by Gasteiger charge is 2.16. The van der Waals surface area contributed by atoms with Crippen LogP contribution in [0.15, 0.2) is 29.2 Å². The molecule has 4 heteroatoms. The van der Waals surface area contributed by atoms with E-state index in [2.05, 4.69) is 17.4 Å².